The third-order valence-corrected chi connectivity index (χ3v) is 5.46. The number of aryl methyl sites for hydroxylation is 1. The molecule has 120 valence electrons. The largest absolute Gasteiger partial charge is 0.363 e. The molecule has 4 heterocycles. The van der Waals surface area contributed by atoms with Crippen LogP contribution in [0.25, 0.3) is 0 Å². The van der Waals surface area contributed by atoms with Crippen LogP contribution in [0.1, 0.15) is 30.7 Å². The number of hydroxylamine groups is 2. The maximum absolute atomic E-state index is 12.4. The number of anilines is 1. The van der Waals surface area contributed by atoms with Gasteiger partial charge in [-0.2, -0.15) is 0 Å². The molecule has 3 saturated heterocycles. The van der Waals surface area contributed by atoms with Gasteiger partial charge in [0.15, 0.2) is 0 Å². The minimum Gasteiger partial charge on any atom is -0.363 e. The zero-order valence-electron chi connectivity index (χ0n) is 12.6. The summed E-state index contributed by atoms with van der Waals surface area (Å²) in [7, 11) is 0. The van der Waals surface area contributed by atoms with E-state index in [4.69, 9.17) is 9.57 Å². The SMILES string of the molecule is Cc1nnc(N2CC[C@@H]3O[C@@H](C(=O)N4CCCO4)CC[C@@H]32)s1. The lowest BCUT2D eigenvalue weighted by molar-refractivity contribution is -0.187. The first-order chi connectivity index (χ1) is 10.7. The zero-order chi connectivity index (χ0) is 15.1. The lowest BCUT2D eigenvalue weighted by Gasteiger charge is -2.35. The molecule has 1 amide bonds. The Balaban J connectivity index is 1.42. The number of fused-ring (bicyclic) bond motifs is 1. The van der Waals surface area contributed by atoms with Crippen LogP contribution in [-0.4, -0.2) is 59.1 Å². The average molecular weight is 324 g/mol. The van der Waals surface area contributed by atoms with Crippen LogP contribution in [0.4, 0.5) is 5.13 Å². The smallest absolute Gasteiger partial charge is 0.275 e. The summed E-state index contributed by atoms with van der Waals surface area (Å²) in [6, 6.07) is 0.316. The molecule has 4 rings (SSSR count). The van der Waals surface area contributed by atoms with Crippen LogP contribution in [0.5, 0.6) is 0 Å². The number of rotatable bonds is 2. The number of nitrogens with zero attached hydrogens (tertiary/aromatic N) is 4. The molecule has 7 nitrogen and oxygen atoms in total. The Labute approximate surface area is 133 Å². The molecule has 8 heteroatoms. The maximum atomic E-state index is 12.4. The first-order valence-corrected chi connectivity index (χ1v) is 8.70. The van der Waals surface area contributed by atoms with Crippen LogP contribution in [0, 0.1) is 6.92 Å². The van der Waals surface area contributed by atoms with Gasteiger partial charge in [0.1, 0.15) is 11.1 Å². The van der Waals surface area contributed by atoms with Crippen molar-refractivity contribution in [3.8, 4) is 0 Å². The molecule has 0 unspecified atom stereocenters. The standard InChI is InChI=1S/C14H20N4O3S/c1-9-15-16-14(22-9)17-7-5-11-10(17)3-4-12(21-11)13(19)18-6-2-8-20-18/h10-12H,2-8H2,1H3/t10-,11-,12+/m0/s1. The van der Waals surface area contributed by atoms with Crippen molar-refractivity contribution in [2.45, 2.75) is 50.9 Å². The van der Waals surface area contributed by atoms with Gasteiger partial charge in [-0.15, -0.1) is 10.2 Å². The molecule has 1 aromatic heterocycles. The second kappa shape index (κ2) is 5.75. The van der Waals surface area contributed by atoms with Crippen molar-refractivity contribution in [3.05, 3.63) is 5.01 Å². The summed E-state index contributed by atoms with van der Waals surface area (Å²) in [6.07, 6.45) is 3.30. The second-order valence-corrected chi connectivity index (χ2v) is 7.18. The number of carbonyl (C=O) groups is 1. The number of aromatic nitrogens is 2. The monoisotopic (exact) mass is 324 g/mol. The van der Waals surface area contributed by atoms with Crippen molar-refractivity contribution in [2.24, 2.45) is 0 Å². The highest BCUT2D eigenvalue weighted by Crippen LogP contribution is 2.36. The summed E-state index contributed by atoms with van der Waals surface area (Å²) in [5, 5.41) is 11.8. The van der Waals surface area contributed by atoms with E-state index >= 15 is 0 Å². The fourth-order valence-electron chi connectivity index (χ4n) is 3.53. The number of hydrogen-bond donors (Lipinski definition) is 0. The molecule has 1 aromatic rings. The Kier molecular flexibility index (Phi) is 3.75. The van der Waals surface area contributed by atoms with Crippen LogP contribution in [0.3, 0.4) is 0 Å². The lowest BCUT2D eigenvalue weighted by atomic mass is 9.99. The first kappa shape index (κ1) is 14.3. The van der Waals surface area contributed by atoms with E-state index in [9.17, 15) is 4.79 Å². The van der Waals surface area contributed by atoms with Gasteiger partial charge in [0.2, 0.25) is 5.13 Å². The predicted octanol–water partition coefficient (Wildman–Crippen LogP) is 1.14. The Bertz CT molecular complexity index is 560. The van der Waals surface area contributed by atoms with Gasteiger partial charge in [0, 0.05) is 6.54 Å². The summed E-state index contributed by atoms with van der Waals surface area (Å²) in [5.41, 5.74) is 0. The van der Waals surface area contributed by atoms with Crippen LogP contribution >= 0.6 is 11.3 Å². The fourth-order valence-corrected chi connectivity index (χ4v) is 4.30. The molecular weight excluding hydrogens is 304 g/mol. The molecule has 3 fully saturated rings. The van der Waals surface area contributed by atoms with Crippen molar-refractivity contribution in [3.63, 3.8) is 0 Å². The highest BCUT2D eigenvalue weighted by atomic mass is 32.1. The van der Waals surface area contributed by atoms with E-state index in [1.54, 1.807) is 11.3 Å². The van der Waals surface area contributed by atoms with Crippen LogP contribution in [-0.2, 0) is 14.4 Å². The number of amides is 1. The summed E-state index contributed by atoms with van der Waals surface area (Å²) >= 11 is 1.62. The van der Waals surface area contributed by atoms with Crippen LogP contribution in [0.2, 0.25) is 0 Å². The van der Waals surface area contributed by atoms with E-state index in [-0.39, 0.29) is 18.1 Å². The average Bonchev–Trinajstić information content (AvgIpc) is 3.25. The summed E-state index contributed by atoms with van der Waals surface area (Å²) < 4.78 is 6.09. The second-order valence-electron chi connectivity index (χ2n) is 6.02. The van der Waals surface area contributed by atoms with E-state index in [1.165, 1.54) is 5.06 Å². The maximum Gasteiger partial charge on any atom is 0.275 e. The third kappa shape index (κ3) is 2.49. The van der Waals surface area contributed by atoms with Gasteiger partial charge in [0.25, 0.3) is 5.91 Å². The Morgan fingerprint density at radius 3 is 2.91 bits per heavy atom. The number of hydrogen-bond acceptors (Lipinski definition) is 7. The Morgan fingerprint density at radius 2 is 2.18 bits per heavy atom. The number of ether oxygens (including phenoxy) is 1. The summed E-state index contributed by atoms with van der Waals surface area (Å²) in [5.74, 6) is -0.0128. The molecule has 0 N–H and O–H groups in total. The third-order valence-electron chi connectivity index (χ3n) is 4.58. The fraction of sp³-hybridized carbons (Fsp3) is 0.786. The Hall–Kier alpha value is -1.25. The zero-order valence-corrected chi connectivity index (χ0v) is 13.4. The summed E-state index contributed by atoms with van der Waals surface area (Å²) in [6.45, 7) is 4.21. The molecule has 0 saturated carbocycles. The molecule has 0 spiro atoms. The van der Waals surface area contributed by atoms with Crippen molar-refractivity contribution in [2.75, 3.05) is 24.6 Å². The molecular formula is C14H20N4O3S. The van der Waals surface area contributed by atoms with Crippen LogP contribution in [0.15, 0.2) is 0 Å². The van der Waals surface area contributed by atoms with Gasteiger partial charge in [-0.3, -0.25) is 9.63 Å². The molecule has 3 atom stereocenters. The molecule has 3 aliphatic rings. The first-order valence-electron chi connectivity index (χ1n) is 7.89. The number of carbonyl (C=O) groups excluding carboxylic acids is 1. The van der Waals surface area contributed by atoms with Gasteiger partial charge in [-0.25, -0.2) is 5.06 Å². The van der Waals surface area contributed by atoms with E-state index in [0.717, 1.165) is 42.4 Å². The van der Waals surface area contributed by atoms with Gasteiger partial charge in [-0.1, -0.05) is 11.3 Å². The van der Waals surface area contributed by atoms with Gasteiger partial charge < -0.3 is 9.64 Å². The Morgan fingerprint density at radius 1 is 1.27 bits per heavy atom. The van der Waals surface area contributed by atoms with Gasteiger partial charge >= 0.3 is 0 Å². The van der Waals surface area contributed by atoms with Gasteiger partial charge in [-0.05, 0) is 32.6 Å². The van der Waals surface area contributed by atoms with E-state index in [1.807, 2.05) is 6.92 Å². The molecule has 0 bridgehead atoms. The highest BCUT2D eigenvalue weighted by molar-refractivity contribution is 7.15. The van der Waals surface area contributed by atoms with E-state index in [0.29, 0.717) is 19.2 Å². The van der Waals surface area contributed by atoms with Crippen molar-refractivity contribution >= 4 is 22.4 Å². The highest BCUT2D eigenvalue weighted by Gasteiger charge is 2.44. The molecule has 22 heavy (non-hydrogen) atoms. The predicted molar refractivity (Wildman–Crippen MR) is 80.6 cm³/mol. The van der Waals surface area contributed by atoms with Crippen molar-refractivity contribution in [1.29, 1.82) is 0 Å². The van der Waals surface area contributed by atoms with Crippen molar-refractivity contribution in [1.82, 2.24) is 15.3 Å². The minimum atomic E-state index is -0.351. The quantitative estimate of drug-likeness (QED) is 0.812. The molecule has 0 aliphatic carbocycles. The lowest BCUT2D eigenvalue weighted by Crippen LogP contribution is -2.48. The topological polar surface area (TPSA) is 67.8 Å². The van der Waals surface area contributed by atoms with Crippen molar-refractivity contribution < 1.29 is 14.4 Å². The normalized spacial score (nSPS) is 31.6. The molecule has 0 aromatic carbocycles. The molecule has 0 radical (unpaired) electrons. The molecule has 3 aliphatic heterocycles. The van der Waals surface area contributed by atoms with Crippen LogP contribution < -0.4 is 4.90 Å². The van der Waals surface area contributed by atoms with Gasteiger partial charge in [0.05, 0.1) is 25.3 Å². The summed E-state index contributed by atoms with van der Waals surface area (Å²) in [4.78, 5) is 20.0. The van der Waals surface area contributed by atoms with E-state index in [2.05, 4.69) is 15.1 Å². The minimum absolute atomic E-state index is 0.0128. The van der Waals surface area contributed by atoms with E-state index < -0.39 is 0 Å².